The first-order chi connectivity index (χ1) is 8.61. The molecule has 2 rings (SSSR count). The van der Waals surface area contributed by atoms with Gasteiger partial charge in [-0.05, 0) is 26.1 Å². The number of rotatable bonds is 4. The average molecular weight is 284 g/mol. The maximum atomic E-state index is 6.14. The van der Waals surface area contributed by atoms with Gasteiger partial charge >= 0.3 is 0 Å². The van der Waals surface area contributed by atoms with Crippen LogP contribution in [-0.2, 0) is 6.54 Å². The number of benzene rings is 1. The Morgan fingerprint density at radius 3 is 2.61 bits per heavy atom. The molecule has 1 aromatic heterocycles. The lowest BCUT2D eigenvalue weighted by Gasteiger charge is -2.08. The molecule has 0 aliphatic carbocycles. The van der Waals surface area contributed by atoms with Crippen LogP contribution < -0.4 is 5.32 Å². The summed E-state index contributed by atoms with van der Waals surface area (Å²) in [5.41, 5.74) is 2.04. The Kier molecular flexibility index (Phi) is 4.27. The molecule has 0 saturated heterocycles. The van der Waals surface area contributed by atoms with Crippen LogP contribution in [0.2, 0.25) is 10.0 Å². The van der Waals surface area contributed by atoms with Crippen molar-refractivity contribution in [1.29, 1.82) is 0 Å². The van der Waals surface area contributed by atoms with Crippen molar-refractivity contribution in [3.63, 3.8) is 0 Å². The van der Waals surface area contributed by atoms with Crippen molar-refractivity contribution >= 4 is 23.2 Å². The van der Waals surface area contributed by atoms with Gasteiger partial charge in [-0.3, -0.25) is 4.68 Å². The maximum Gasteiger partial charge on any atom is 0.0688 e. The molecule has 1 aromatic carbocycles. The molecule has 96 valence electrons. The van der Waals surface area contributed by atoms with Crippen LogP contribution >= 0.6 is 23.2 Å². The van der Waals surface area contributed by atoms with Gasteiger partial charge in [-0.15, -0.1) is 0 Å². The lowest BCUT2D eigenvalue weighted by atomic mass is 10.2. The Hall–Kier alpha value is -1.03. The van der Waals surface area contributed by atoms with Crippen molar-refractivity contribution in [3.8, 4) is 0 Å². The molecule has 1 heterocycles. The van der Waals surface area contributed by atoms with E-state index in [-0.39, 0.29) is 6.04 Å². The van der Waals surface area contributed by atoms with Crippen LogP contribution in [0.3, 0.4) is 0 Å². The molecule has 1 N–H and O–H groups in total. The predicted octanol–water partition coefficient (Wildman–Crippen LogP) is 3.52. The number of aromatic nitrogens is 2. The van der Waals surface area contributed by atoms with Gasteiger partial charge in [0.2, 0.25) is 0 Å². The standard InChI is InChI=1S/C13H15Cl2N3/c1-9(16-2)10-6-17-18(7-10)8-11-12(14)4-3-5-13(11)15/h3-7,9,16H,8H2,1-2H3. The van der Waals surface area contributed by atoms with Crippen molar-refractivity contribution < 1.29 is 0 Å². The van der Waals surface area contributed by atoms with E-state index in [0.29, 0.717) is 16.6 Å². The third kappa shape index (κ3) is 2.86. The summed E-state index contributed by atoms with van der Waals surface area (Å²) in [6, 6.07) is 5.79. The molecule has 0 aliphatic heterocycles. The Morgan fingerprint density at radius 1 is 1.33 bits per heavy atom. The Labute approximate surface area is 117 Å². The van der Waals surface area contributed by atoms with Crippen molar-refractivity contribution in [2.75, 3.05) is 7.05 Å². The molecule has 2 aromatic rings. The summed E-state index contributed by atoms with van der Waals surface area (Å²) in [5, 5.41) is 8.83. The van der Waals surface area contributed by atoms with E-state index >= 15 is 0 Å². The number of nitrogens with one attached hydrogen (secondary N) is 1. The summed E-state index contributed by atoms with van der Waals surface area (Å²) in [6.45, 7) is 2.67. The van der Waals surface area contributed by atoms with E-state index in [9.17, 15) is 0 Å². The van der Waals surface area contributed by atoms with Crippen molar-refractivity contribution in [3.05, 3.63) is 51.8 Å². The minimum atomic E-state index is 0.278. The van der Waals surface area contributed by atoms with Crippen LogP contribution in [0.1, 0.15) is 24.1 Å². The van der Waals surface area contributed by atoms with Crippen molar-refractivity contribution in [1.82, 2.24) is 15.1 Å². The van der Waals surface area contributed by atoms with Gasteiger partial charge in [0, 0.05) is 33.4 Å². The van der Waals surface area contributed by atoms with E-state index in [1.165, 1.54) is 0 Å². The van der Waals surface area contributed by atoms with Crippen LogP contribution in [-0.4, -0.2) is 16.8 Å². The molecule has 0 amide bonds. The third-order valence-electron chi connectivity index (χ3n) is 2.97. The monoisotopic (exact) mass is 283 g/mol. The van der Waals surface area contributed by atoms with E-state index in [1.807, 2.05) is 42.3 Å². The highest BCUT2D eigenvalue weighted by Gasteiger charge is 2.09. The Balaban J connectivity index is 2.21. The summed E-state index contributed by atoms with van der Waals surface area (Å²) in [5.74, 6) is 0. The minimum absolute atomic E-state index is 0.278. The van der Waals surface area contributed by atoms with E-state index in [2.05, 4.69) is 17.3 Å². The molecule has 0 fully saturated rings. The first kappa shape index (κ1) is 13.4. The summed E-state index contributed by atoms with van der Waals surface area (Å²) in [4.78, 5) is 0. The zero-order valence-electron chi connectivity index (χ0n) is 10.3. The normalized spacial score (nSPS) is 12.7. The highest BCUT2D eigenvalue weighted by molar-refractivity contribution is 6.35. The fourth-order valence-corrected chi connectivity index (χ4v) is 2.22. The van der Waals surface area contributed by atoms with Crippen LogP contribution in [0.25, 0.3) is 0 Å². The molecule has 18 heavy (non-hydrogen) atoms. The fourth-order valence-electron chi connectivity index (χ4n) is 1.70. The number of hydrogen-bond donors (Lipinski definition) is 1. The van der Waals surface area contributed by atoms with E-state index < -0.39 is 0 Å². The van der Waals surface area contributed by atoms with Crippen LogP contribution in [0.4, 0.5) is 0 Å². The zero-order chi connectivity index (χ0) is 13.1. The summed E-state index contributed by atoms with van der Waals surface area (Å²) >= 11 is 12.3. The second-order valence-electron chi connectivity index (χ2n) is 4.18. The zero-order valence-corrected chi connectivity index (χ0v) is 11.8. The lowest BCUT2D eigenvalue weighted by Crippen LogP contribution is -2.11. The summed E-state index contributed by atoms with van der Waals surface area (Å²) < 4.78 is 1.84. The predicted molar refractivity (Wildman–Crippen MR) is 75.3 cm³/mol. The van der Waals surface area contributed by atoms with Gasteiger partial charge < -0.3 is 5.32 Å². The summed E-state index contributed by atoms with van der Waals surface area (Å²) in [7, 11) is 1.92. The fraction of sp³-hybridized carbons (Fsp3) is 0.308. The van der Waals surface area contributed by atoms with Crippen LogP contribution in [0.15, 0.2) is 30.6 Å². The Morgan fingerprint density at radius 2 is 2.00 bits per heavy atom. The first-order valence-corrected chi connectivity index (χ1v) is 6.50. The molecule has 5 heteroatoms. The molecule has 1 atom stereocenters. The van der Waals surface area contributed by atoms with Gasteiger partial charge in [0.15, 0.2) is 0 Å². The highest BCUT2D eigenvalue weighted by atomic mass is 35.5. The highest BCUT2D eigenvalue weighted by Crippen LogP contribution is 2.25. The van der Waals surface area contributed by atoms with Crippen molar-refractivity contribution in [2.45, 2.75) is 19.5 Å². The van der Waals surface area contributed by atoms with E-state index in [1.54, 1.807) is 0 Å². The molecule has 0 aliphatic rings. The van der Waals surface area contributed by atoms with Crippen molar-refractivity contribution in [2.24, 2.45) is 0 Å². The van der Waals surface area contributed by atoms with Crippen LogP contribution in [0.5, 0.6) is 0 Å². The van der Waals surface area contributed by atoms with E-state index in [4.69, 9.17) is 23.2 Å². The van der Waals surface area contributed by atoms with Gasteiger partial charge in [0.1, 0.15) is 0 Å². The third-order valence-corrected chi connectivity index (χ3v) is 3.68. The minimum Gasteiger partial charge on any atom is -0.313 e. The second kappa shape index (κ2) is 5.74. The van der Waals surface area contributed by atoms with Crippen LogP contribution in [0, 0.1) is 0 Å². The van der Waals surface area contributed by atoms with Gasteiger partial charge in [-0.2, -0.15) is 5.10 Å². The molecule has 0 bridgehead atoms. The molecular weight excluding hydrogens is 269 g/mol. The number of halogens is 2. The lowest BCUT2D eigenvalue weighted by molar-refractivity contribution is 0.646. The van der Waals surface area contributed by atoms with Gasteiger partial charge in [-0.1, -0.05) is 29.3 Å². The second-order valence-corrected chi connectivity index (χ2v) is 5.00. The Bertz CT molecular complexity index is 517. The van der Waals surface area contributed by atoms with E-state index in [0.717, 1.165) is 11.1 Å². The molecule has 0 saturated carbocycles. The average Bonchev–Trinajstić information content (AvgIpc) is 2.81. The molecule has 0 radical (unpaired) electrons. The SMILES string of the molecule is CNC(C)c1cnn(Cc2c(Cl)cccc2Cl)c1. The first-order valence-electron chi connectivity index (χ1n) is 5.74. The smallest absolute Gasteiger partial charge is 0.0688 e. The largest absolute Gasteiger partial charge is 0.313 e. The van der Waals surface area contributed by atoms with Gasteiger partial charge in [0.25, 0.3) is 0 Å². The molecule has 1 unspecified atom stereocenters. The molecule has 0 spiro atoms. The van der Waals surface area contributed by atoms with Gasteiger partial charge in [0.05, 0.1) is 12.7 Å². The molecule has 3 nitrogen and oxygen atoms in total. The number of hydrogen-bond acceptors (Lipinski definition) is 2. The van der Waals surface area contributed by atoms with Gasteiger partial charge in [-0.25, -0.2) is 0 Å². The number of nitrogens with zero attached hydrogens (tertiary/aromatic N) is 2. The maximum absolute atomic E-state index is 6.14. The topological polar surface area (TPSA) is 29.9 Å². The molecular formula is C13H15Cl2N3. The quantitative estimate of drug-likeness (QED) is 0.931. The summed E-state index contributed by atoms with van der Waals surface area (Å²) in [6.07, 6.45) is 3.85.